The lowest BCUT2D eigenvalue weighted by molar-refractivity contribution is -0.124. The number of carboxylic acid groups (broad SMARTS) is 1. The Hall–Kier alpha value is -2.51. The molecule has 2 aromatic rings. The summed E-state index contributed by atoms with van der Waals surface area (Å²) in [5.41, 5.74) is 3.80. The normalized spacial score (nSPS) is 21.9. The van der Waals surface area contributed by atoms with E-state index >= 15 is 0 Å². The summed E-state index contributed by atoms with van der Waals surface area (Å²) in [5.74, 6) is -0.974. The standard InChI is InChI=1S/C29H34ClN3O3S/c1-18-15-20(19(2)32(18)23-13-14-24(28(35)36)25(30)17-23)16-26-27(34)33(22-11-7-4-8-12-22)29(37-26)31-21-9-5-3-6-10-21/h13-17,21-22H,3-12H2,1-2H3,(H,35,36)/b26-16-,31-29?. The molecule has 3 fully saturated rings. The summed E-state index contributed by atoms with van der Waals surface area (Å²) in [4.78, 5) is 33.0. The summed E-state index contributed by atoms with van der Waals surface area (Å²) >= 11 is 7.78. The van der Waals surface area contributed by atoms with Crippen LogP contribution in [0.2, 0.25) is 5.02 Å². The third-order valence-corrected chi connectivity index (χ3v) is 9.15. The van der Waals surface area contributed by atoms with Crippen molar-refractivity contribution in [3.63, 3.8) is 0 Å². The molecule has 2 heterocycles. The number of carboxylic acids is 1. The number of rotatable bonds is 5. The second-order valence-corrected chi connectivity index (χ2v) is 11.8. The van der Waals surface area contributed by atoms with Crippen LogP contribution in [0.3, 0.4) is 0 Å². The molecule has 5 rings (SSSR count). The van der Waals surface area contributed by atoms with Crippen molar-refractivity contribution in [2.45, 2.75) is 90.1 Å². The number of nitrogens with zero attached hydrogens (tertiary/aromatic N) is 3. The molecule has 1 aromatic heterocycles. The van der Waals surface area contributed by atoms with E-state index in [1.807, 2.05) is 29.4 Å². The van der Waals surface area contributed by atoms with Crippen LogP contribution in [0.15, 0.2) is 34.2 Å². The van der Waals surface area contributed by atoms with Gasteiger partial charge in [-0.2, -0.15) is 0 Å². The average molecular weight is 540 g/mol. The monoisotopic (exact) mass is 539 g/mol. The predicted molar refractivity (Wildman–Crippen MR) is 151 cm³/mol. The van der Waals surface area contributed by atoms with Crippen LogP contribution in [0.25, 0.3) is 11.8 Å². The van der Waals surface area contributed by atoms with Gasteiger partial charge in [0.25, 0.3) is 5.91 Å². The number of amidine groups is 1. The van der Waals surface area contributed by atoms with Gasteiger partial charge in [-0.05, 0) is 87.2 Å². The molecule has 0 atom stereocenters. The molecule has 1 amide bonds. The number of carbonyl (C=O) groups is 2. The molecule has 0 radical (unpaired) electrons. The van der Waals surface area contributed by atoms with E-state index in [0.29, 0.717) is 6.04 Å². The molecule has 8 heteroatoms. The maximum atomic E-state index is 13.8. The summed E-state index contributed by atoms with van der Waals surface area (Å²) in [6, 6.07) is 7.60. The quantitative estimate of drug-likeness (QED) is 0.402. The third kappa shape index (κ3) is 5.39. The Balaban J connectivity index is 1.48. The van der Waals surface area contributed by atoms with E-state index in [2.05, 4.69) is 6.07 Å². The van der Waals surface area contributed by atoms with Gasteiger partial charge in [-0.1, -0.05) is 50.1 Å². The largest absolute Gasteiger partial charge is 0.478 e. The highest BCUT2D eigenvalue weighted by molar-refractivity contribution is 8.18. The Morgan fingerprint density at radius 1 is 1.05 bits per heavy atom. The van der Waals surface area contributed by atoms with Crippen LogP contribution in [-0.4, -0.2) is 43.7 Å². The van der Waals surface area contributed by atoms with Gasteiger partial charge in [-0.15, -0.1) is 0 Å². The van der Waals surface area contributed by atoms with Crippen molar-refractivity contribution in [2.75, 3.05) is 0 Å². The van der Waals surface area contributed by atoms with E-state index in [1.165, 1.54) is 56.4 Å². The Kier molecular flexibility index (Phi) is 7.82. The first-order valence-electron chi connectivity index (χ1n) is 13.4. The first kappa shape index (κ1) is 26.1. The molecule has 1 aliphatic heterocycles. The number of aryl methyl sites for hydroxylation is 1. The summed E-state index contributed by atoms with van der Waals surface area (Å²) in [7, 11) is 0. The molecule has 1 aromatic carbocycles. The predicted octanol–water partition coefficient (Wildman–Crippen LogP) is 7.38. The fourth-order valence-corrected chi connectivity index (χ4v) is 7.25. The number of aliphatic imine (C=N–C) groups is 1. The summed E-state index contributed by atoms with van der Waals surface area (Å²) in [5, 5.41) is 10.4. The zero-order valence-corrected chi connectivity index (χ0v) is 23.1. The van der Waals surface area contributed by atoms with Crippen molar-refractivity contribution in [1.82, 2.24) is 9.47 Å². The number of halogens is 1. The van der Waals surface area contributed by atoms with Gasteiger partial charge in [0.05, 0.1) is 21.5 Å². The maximum Gasteiger partial charge on any atom is 0.337 e. The second-order valence-electron chi connectivity index (χ2n) is 10.4. The third-order valence-electron chi connectivity index (χ3n) is 7.84. The lowest BCUT2D eigenvalue weighted by Gasteiger charge is -2.31. The second kappa shape index (κ2) is 11.1. The molecule has 0 bridgehead atoms. The highest BCUT2D eigenvalue weighted by atomic mass is 35.5. The van der Waals surface area contributed by atoms with Gasteiger partial charge in [0.15, 0.2) is 5.17 Å². The van der Waals surface area contributed by atoms with E-state index in [1.54, 1.807) is 12.1 Å². The average Bonchev–Trinajstić information content (AvgIpc) is 3.34. The SMILES string of the molecule is Cc1cc(/C=C2\SC(=NC3CCCCC3)N(C3CCCCC3)C2=O)c(C)n1-c1ccc(C(=O)O)c(Cl)c1. The van der Waals surface area contributed by atoms with E-state index in [0.717, 1.165) is 58.4 Å². The van der Waals surface area contributed by atoms with Gasteiger partial charge in [0, 0.05) is 23.1 Å². The summed E-state index contributed by atoms with van der Waals surface area (Å²) < 4.78 is 2.05. The highest BCUT2D eigenvalue weighted by Crippen LogP contribution is 2.39. The number of hydrogen-bond acceptors (Lipinski definition) is 4. The van der Waals surface area contributed by atoms with Crippen LogP contribution in [-0.2, 0) is 4.79 Å². The van der Waals surface area contributed by atoms with Gasteiger partial charge in [-0.25, -0.2) is 4.79 Å². The van der Waals surface area contributed by atoms with Crippen LogP contribution in [0, 0.1) is 13.8 Å². The van der Waals surface area contributed by atoms with E-state index in [-0.39, 0.29) is 22.5 Å². The first-order valence-corrected chi connectivity index (χ1v) is 14.6. The van der Waals surface area contributed by atoms with Crippen molar-refractivity contribution in [2.24, 2.45) is 4.99 Å². The molecule has 37 heavy (non-hydrogen) atoms. The minimum atomic E-state index is -1.05. The van der Waals surface area contributed by atoms with E-state index in [4.69, 9.17) is 16.6 Å². The number of carbonyl (C=O) groups excluding carboxylic acids is 1. The number of amides is 1. The lowest BCUT2D eigenvalue weighted by Crippen LogP contribution is -2.41. The van der Waals surface area contributed by atoms with Gasteiger partial charge < -0.3 is 9.67 Å². The molecule has 196 valence electrons. The molecule has 0 unspecified atom stereocenters. The fourth-order valence-electron chi connectivity index (χ4n) is 5.89. The maximum absolute atomic E-state index is 13.8. The van der Waals surface area contributed by atoms with Crippen LogP contribution in [0.5, 0.6) is 0 Å². The molecule has 1 saturated heterocycles. The smallest absolute Gasteiger partial charge is 0.337 e. The Morgan fingerprint density at radius 2 is 1.73 bits per heavy atom. The Labute approximate surface area is 227 Å². The molecule has 2 aliphatic carbocycles. The Bertz CT molecular complexity index is 1270. The number of aromatic nitrogens is 1. The van der Waals surface area contributed by atoms with Gasteiger partial charge in [0.2, 0.25) is 0 Å². The topological polar surface area (TPSA) is 74.9 Å². The van der Waals surface area contributed by atoms with Crippen LogP contribution in [0.1, 0.15) is 91.5 Å². The number of thioether (sulfide) groups is 1. The zero-order valence-electron chi connectivity index (χ0n) is 21.5. The van der Waals surface area contributed by atoms with Crippen molar-refractivity contribution >= 4 is 46.5 Å². The van der Waals surface area contributed by atoms with Gasteiger partial charge in [-0.3, -0.25) is 14.7 Å². The number of hydrogen-bond donors (Lipinski definition) is 1. The van der Waals surface area contributed by atoms with Crippen molar-refractivity contribution in [3.05, 3.63) is 56.7 Å². The number of aromatic carboxylic acids is 1. The highest BCUT2D eigenvalue weighted by Gasteiger charge is 2.39. The van der Waals surface area contributed by atoms with Crippen LogP contribution >= 0.6 is 23.4 Å². The molecule has 1 N–H and O–H groups in total. The van der Waals surface area contributed by atoms with Crippen molar-refractivity contribution in [1.29, 1.82) is 0 Å². The van der Waals surface area contributed by atoms with Crippen LogP contribution < -0.4 is 0 Å². The molecular weight excluding hydrogens is 506 g/mol. The minimum Gasteiger partial charge on any atom is -0.478 e. The number of benzene rings is 1. The fraction of sp³-hybridized carbons (Fsp3) is 0.483. The molecule has 6 nitrogen and oxygen atoms in total. The molecule has 2 saturated carbocycles. The Morgan fingerprint density at radius 3 is 2.38 bits per heavy atom. The molecular formula is C29H34ClN3O3S. The summed E-state index contributed by atoms with van der Waals surface area (Å²) in [6.45, 7) is 4.01. The first-order chi connectivity index (χ1) is 17.8. The minimum absolute atomic E-state index is 0.0742. The lowest BCUT2D eigenvalue weighted by atomic mass is 9.94. The van der Waals surface area contributed by atoms with E-state index in [9.17, 15) is 14.7 Å². The van der Waals surface area contributed by atoms with Crippen LogP contribution in [0.4, 0.5) is 0 Å². The van der Waals surface area contributed by atoms with Gasteiger partial charge in [0.1, 0.15) is 0 Å². The van der Waals surface area contributed by atoms with Crippen molar-refractivity contribution < 1.29 is 14.7 Å². The summed E-state index contributed by atoms with van der Waals surface area (Å²) in [6.07, 6.45) is 13.6. The zero-order chi connectivity index (χ0) is 26.1. The molecule has 0 spiro atoms. The van der Waals surface area contributed by atoms with Gasteiger partial charge >= 0.3 is 5.97 Å². The molecule has 3 aliphatic rings. The van der Waals surface area contributed by atoms with Crippen molar-refractivity contribution in [3.8, 4) is 5.69 Å². The van der Waals surface area contributed by atoms with E-state index < -0.39 is 5.97 Å².